The van der Waals surface area contributed by atoms with Crippen LogP contribution in [0, 0.1) is 0 Å². The van der Waals surface area contributed by atoms with Crippen molar-refractivity contribution in [2.45, 2.75) is 6.42 Å². The van der Waals surface area contributed by atoms with Gasteiger partial charge in [0.25, 0.3) is 0 Å². The molecule has 1 N–H and O–H groups in total. The number of carbonyl (C=O) groups excluding carboxylic acids is 1. The molecule has 17 heavy (non-hydrogen) atoms. The number of nitrogens with one attached hydrogen (secondary N) is 1. The number of amides is 1. The normalized spacial score (nSPS) is 9.94. The maximum Gasteiger partial charge on any atom is 0.228 e. The molecular formula is C13H11ClN2O. The summed E-state index contributed by atoms with van der Waals surface area (Å²) in [6.07, 6.45) is 3.53. The lowest BCUT2D eigenvalue weighted by atomic mass is 10.1. The molecule has 3 nitrogen and oxygen atoms in total. The van der Waals surface area contributed by atoms with Gasteiger partial charge in [0.1, 0.15) is 0 Å². The molecule has 1 heterocycles. The van der Waals surface area contributed by atoms with Crippen LogP contribution in [0.5, 0.6) is 0 Å². The van der Waals surface area contributed by atoms with Gasteiger partial charge in [0.15, 0.2) is 0 Å². The van der Waals surface area contributed by atoms with Crippen molar-refractivity contribution in [3.63, 3.8) is 0 Å². The molecule has 2 rings (SSSR count). The molecule has 0 saturated heterocycles. The van der Waals surface area contributed by atoms with Gasteiger partial charge in [0, 0.05) is 23.1 Å². The number of pyridine rings is 1. The predicted molar refractivity (Wildman–Crippen MR) is 68.0 cm³/mol. The third-order valence-electron chi connectivity index (χ3n) is 2.27. The van der Waals surface area contributed by atoms with Crippen LogP contribution in [0.2, 0.25) is 5.02 Å². The highest BCUT2D eigenvalue weighted by Crippen LogP contribution is 2.16. The molecule has 1 aromatic carbocycles. The van der Waals surface area contributed by atoms with E-state index in [-0.39, 0.29) is 12.3 Å². The summed E-state index contributed by atoms with van der Waals surface area (Å²) in [7, 11) is 0. The summed E-state index contributed by atoms with van der Waals surface area (Å²) >= 11 is 5.98. The van der Waals surface area contributed by atoms with E-state index < -0.39 is 0 Å². The number of nitrogens with zero attached hydrogens (tertiary/aromatic N) is 1. The summed E-state index contributed by atoms with van der Waals surface area (Å²) in [6.45, 7) is 0. The van der Waals surface area contributed by atoms with Crippen LogP contribution in [0.25, 0.3) is 0 Å². The van der Waals surface area contributed by atoms with Gasteiger partial charge >= 0.3 is 0 Å². The molecule has 0 aliphatic heterocycles. The molecule has 0 radical (unpaired) electrons. The zero-order valence-corrected chi connectivity index (χ0v) is 9.82. The second kappa shape index (κ2) is 5.46. The summed E-state index contributed by atoms with van der Waals surface area (Å²) in [5, 5.41) is 3.39. The molecule has 0 fully saturated rings. The summed E-state index contributed by atoms with van der Waals surface area (Å²) in [5.41, 5.74) is 1.55. The van der Waals surface area contributed by atoms with E-state index in [2.05, 4.69) is 10.3 Å². The minimum Gasteiger partial charge on any atom is -0.326 e. The van der Waals surface area contributed by atoms with E-state index in [1.54, 1.807) is 30.6 Å². The van der Waals surface area contributed by atoms with E-state index >= 15 is 0 Å². The monoisotopic (exact) mass is 246 g/mol. The number of halogens is 1. The summed E-state index contributed by atoms with van der Waals surface area (Å²) in [4.78, 5) is 15.6. The summed E-state index contributed by atoms with van der Waals surface area (Å²) in [5.74, 6) is -0.0932. The van der Waals surface area contributed by atoms with E-state index in [0.29, 0.717) is 5.02 Å². The first-order valence-corrected chi connectivity index (χ1v) is 5.57. The van der Waals surface area contributed by atoms with Gasteiger partial charge in [0.05, 0.1) is 6.42 Å². The van der Waals surface area contributed by atoms with Crippen molar-refractivity contribution in [3.05, 3.63) is 59.4 Å². The quantitative estimate of drug-likeness (QED) is 0.905. The largest absolute Gasteiger partial charge is 0.326 e. The van der Waals surface area contributed by atoms with Crippen molar-refractivity contribution >= 4 is 23.2 Å². The van der Waals surface area contributed by atoms with E-state index in [4.69, 9.17) is 11.6 Å². The highest BCUT2D eigenvalue weighted by Gasteiger charge is 2.06. The zero-order valence-electron chi connectivity index (χ0n) is 9.06. The van der Waals surface area contributed by atoms with Crippen molar-refractivity contribution in [1.82, 2.24) is 4.98 Å². The minimum atomic E-state index is -0.0932. The summed E-state index contributed by atoms with van der Waals surface area (Å²) < 4.78 is 0. The average Bonchev–Trinajstić information content (AvgIpc) is 2.33. The van der Waals surface area contributed by atoms with E-state index in [1.807, 2.05) is 18.2 Å². The van der Waals surface area contributed by atoms with Crippen LogP contribution >= 0.6 is 11.6 Å². The molecule has 0 saturated carbocycles. The molecule has 0 aliphatic carbocycles. The smallest absolute Gasteiger partial charge is 0.228 e. The van der Waals surface area contributed by atoms with Crippen LogP contribution in [0.3, 0.4) is 0 Å². The minimum absolute atomic E-state index is 0.0932. The Hall–Kier alpha value is -1.87. The fourth-order valence-corrected chi connectivity index (χ4v) is 1.66. The Kier molecular flexibility index (Phi) is 3.73. The first kappa shape index (κ1) is 11.6. The third-order valence-corrected chi connectivity index (χ3v) is 2.64. The van der Waals surface area contributed by atoms with Crippen molar-refractivity contribution in [3.8, 4) is 0 Å². The number of hydrogen-bond donors (Lipinski definition) is 1. The SMILES string of the molecule is O=C(Cc1ccccc1Cl)Nc1ccncc1. The highest BCUT2D eigenvalue weighted by molar-refractivity contribution is 6.31. The van der Waals surface area contributed by atoms with Crippen LogP contribution in [0.15, 0.2) is 48.8 Å². The average molecular weight is 247 g/mol. The second-order valence-electron chi connectivity index (χ2n) is 3.55. The highest BCUT2D eigenvalue weighted by atomic mass is 35.5. The van der Waals surface area contributed by atoms with Crippen LogP contribution < -0.4 is 5.32 Å². The van der Waals surface area contributed by atoms with Gasteiger partial charge in [-0.3, -0.25) is 9.78 Å². The number of benzene rings is 1. The Morgan fingerprint density at radius 2 is 1.88 bits per heavy atom. The van der Waals surface area contributed by atoms with Gasteiger partial charge < -0.3 is 5.32 Å². The molecule has 1 aromatic heterocycles. The van der Waals surface area contributed by atoms with E-state index in [9.17, 15) is 4.79 Å². The van der Waals surface area contributed by atoms with E-state index in [0.717, 1.165) is 11.3 Å². The molecule has 2 aromatic rings. The zero-order chi connectivity index (χ0) is 12.1. The van der Waals surface area contributed by atoms with Gasteiger partial charge in [-0.05, 0) is 23.8 Å². The van der Waals surface area contributed by atoms with Crippen molar-refractivity contribution in [2.75, 3.05) is 5.32 Å². The van der Waals surface area contributed by atoms with E-state index in [1.165, 1.54) is 0 Å². The van der Waals surface area contributed by atoms with Crippen LogP contribution in [0.1, 0.15) is 5.56 Å². The van der Waals surface area contributed by atoms with Gasteiger partial charge in [-0.1, -0.05) is 29.8 Å². The standard InChI is InChI=1S/C13H11ClN2O/c14-12-4-2-1-3-10(12)9-13(17)16-11-5-7-15-8-6-11/h1-8H,9H2,(H,15,16,17). The Bertz CT molecular complexity index is 514. The van der Waals surface area contributed by atoms with Crippen molar-refractivity contribution in [1.29, 1.82) is 0 Å². The molecule has 1 amide bonds. The molecule has 86 valence electrons. The van der Waals surface area contributed by atoms with Crippen LogP contribution in [-0.2, 0) is 11.2 Å². The Morgan fingerprint density at radius 1 is 1.18 bits per heavy atom. The van der Waals surface area contributed by atoms with Gasteiger partial charge in [-0.15, -0.1) is 0 Å². The molecule has 0 spiro atoms. The lowest BCUT2D eigenvalue weighted by Gasteiger charge is -2.05. The van der Waals surface area contributed by atoms with Gasteiger partial charge in [-0.25, -0.2) is 0 Å². The fraction of sp³-hybridized carbons (Fsp3) is 0.0769. The van der Waals surface area contributed by atoms with Crippen molar-refractivity contribution in [2.24, 2.45) is 0 Å². The second-order valence-corrected chi connectivity index (χ2v) is 3.96. The fourth-order valence-electron chi connectivity index (χ4n) is 1.46. The first-order chi connectivity index (χ1) is 8.25. The molecule has 0 unspecified atom stereocenters. The molecule has 0 bridgehead atoms. The maximum atomic E-state index is 11.7. The Labute approximate surface area is 104 Å². The predicted octanol–water partition coefficient (Wildman–Crippen LogP) is 2.92. The third kappa shape index (κ3) is 3.29. The van der Waals surface area contributed by atoms with Gasteiger partial charge in [-0.2, -0.15) is 0 Å². The maximum absolute atomic E-state index is 11.7. The number of carbonyl (C=O) groups is 1. The topological polar surface area (TPSA) is 42.0 Å². The Morgan fingerprint density at radius 3 is 2.59 bits per heavy atom. The Balaban J connectivity index is 2.01. The van der Waals surface area contributed by atoms with Crippen molar-refractivity contribution < 1.29 is 4.79 Å². The molecular weight excluding hydrogens is 236 g/mol. The molecule has 0 aliphatic rings. The lowest BCUT2D eigenvalue weighted by molar-refractivity contribution is -0.115. The first-order valence-electron chi connectivity index (χ1n) is 5.19. The number of hydrogen-bond acceptors (Lipinski definition) is 2. The number of aromatic nitrogens is 1. The van der Waals surface area contributed by atoms with Crippen LogP contribution in [-0.4, -0.2) is 10.9 Å². The van der Waals surface area contributed by atoms with Gasteiger partial charge in [0.2, 0.25) is 5.91 Å². The molecule has 0 atom stereocenters. The summed E-state index contributed by atoms with van der Waals surface area (Å²) in [6, 6.07) is 10.8. The number of anilines is 1. The number of rotatable bonds is 3. The molecule has 4 heteroatoms. The lowest BCUT2D eigenvalue weighted by Crippen LogP contribution is -2.14. The van der Waals surface area contributed by atoms with Crippen LogP contribution in [0.4, 0.5) is 5.69 Å².